The van der Waals surface area contributed by atoms with Gasteiger partial charge in [-0.15, -0.1) is 0 Å². The monoisotopic (exact) mass is 219 g/mol. The van der Waals surface area contributed by atoms with E-state index >= 15 is 0 Å². The Kier molecular flexibility index (Phi) is 3.97. The lowest BCUT2D eigenvalue weighted by atomic mass is 10.0. The average Bonchev–Trinajstić information content (AvgIpc) is 2.82. The Morgan fingerprint density at radius 3 is 2.44 bits per heavy atom. The van der Waals surface area contributed by atoms with E-state index in [0.29, 0.717) is 6.04 Å². The Morgan fingerprint density at radius 1 is 1.19 bits per heavy atom. The molecule has 1 aliphatic rings. The first-order valence-electron chi connectivity index (χ1n) is 6.26. The van der Waals surface area contributed by atoms with Crippen LogP contribution in [0.25, 0.3) is 0 Å². The highest BCUT2D eigenvalue weighted by molar-refractivity contribution is 5.18. The van der Waals surface area contributed by atoms with Crippen LogP contribution in [0.5, 0.6) is 0 Å². The molecule has 0 aliphatic heterocycles. The van der Waals surface area contributed by atoms with Gasteiger partial charge in [-0.2, -0.15) is 0 Å². The van der Waals surface area contributed by atoms with E-state index in [1.165, 1.54) is 25.7 Å². The summed E-state index contributed by atoms with van der Waals surface area (Å²) in [6, 6.07) is 10.6. The van der Waals surface area contributed by atoms with E-state index in [-0.39, 0.29) is 6.04 Å². The van der Waals surface area contributed by atoms with Gasteiger partial charge in [0.1, 0.15) is 0 Å². The first-order chi connectivity index (χ1) is 7.77. The van der Waals surface area contributed by atoms with Crippen molar-refractivity contribution in [3.8, 4) is 0 Å². The highest BCUT2D eigenvalue weighted by atomic mass is 16.3. The van der Waals surface area contributed by atoms with E-state index in [4.69, 9.17) is 0 Å². The van der Waals surface area contributed by atoms with Crippen molar-refractivity contribution in [2.75, 3.05) is 0 Å². The first-order valence-corrected chi connectivity index (χ1v) is 6.26. The van der Waals surface area contributed by atoms with Crippen molar-refractivity contribution in [3.63, 3.8) is 0 Å². The second-order valence-electron chi connectivity index (χ2n) is 4.79. The summed E-state index contributed by atoms with van der Waals surface area (Å²) in [6.07, 6.45) is 4.76. The maximum absolute atomic E-state index is 10.2. The van der Waals surface area contributed by atoms with Crippen molar-refractivity contribution in [2.45, 2.75) is 50.8 Å². The van der Waals surface area contributed by atoms with Crippen LogP contribution in [0.4, 0.5) is 0 Å². The number of aliphatic hydroxyl groups excluding tert-OH is 1. The van der Waals surface area contributed by atoms with Crippen molar-refractivity contribution in [3.05, 3.63) is 35.9 Å². The highest BCUT2D eigenvalue weighted by Gasteiger charge is 2.21. The second-order valence-corrected chi connectivity index (χ2v) is 4.79. The highest BCUT2D eigenvalue weighted by Crippen LogP contribution is 2.21. The molecule has 0 aromatic heterocycles. The van der Waals surface area contributed by atoms with Crippen LogP contribution in [0.3, 0.4) is 0 Å². The molecule has 1 aromatic rings. The topological polar surface area (TPSA) is 32.3 Å². The van der Waals surface area contributed by atoms with E-state index < -0.39 is 6.10 Å². The molecule has 88 valence electrons. The molecule has 2 atom stereocenters. The molecule has 0 radical (unpaired) electrons. The minimum absolute atomic E-state index is 0.130. The maximum atomic E-state index is 10.2. The van der Waals surface area contributed by atoms with E-state index in [1.54, 1.807) is 0 Å². The zero-order valence-electron chi connectivity index (χ0n) is 9.89. The third kappa shape index (κ3) is 2.83. The molecule has 0 spiro atoms. The molecule has 1 aliphatic carbocycles. The lowest BCUT2D eigenvalue weighted by Crippen LogP contribution is -2.38. The van der Waals surface area contributed by atoms with Crippen LogP contribution in [-0.2, 0) is 0 Å². The number of benzene rings is 1. The molecule has 0 bridgehead atoms. The number of hydrogen-bond donors (Lipinski definition) is 2. The number of nitrogens with one attached hydrogen (secondary N) is 1. The molecule has 0 amide bonds. The van der Waals surface area contributed by atoms with Crippen molar-refractivity contribution in [1.29, 1.82) is 0 Å². The van der Waals surface area contributed by atoms with Gasteiger partial charge in [0.05, 0.1) is 6.10 Å². The predicted octanol–water partition coefficient (Wildman–Crippen LogP) is 2.64. The van der Waals surface area contributed by atoms with Gasteiger partial charge < -0.3 is 10.4 Å². The fourth-order valence-electron chi connectivity index (χ4n) is 2.49. The molecule has 2 N–H and O–H groups in total. The van der Waals surface area contributed by atoms with Crippen LogP contribution in [0.2, 0.25) is 0 Å². The summed E-state index contributed by atoms with van der Waals surface area (Å²) in [5.74, 6) is 0. The molecule has 2 nitrogen and oxygen atoms in total. The summed E-state index contributed by atoms with van der Waals surface area (Å²) >= 11 is 0. The predicted molar refractivity (Wildman–Crippen MR) is 66.3 cm³/mol. The van der Waals surface area contributed by atoms with Gasteiger partial charge in [0.15, 0.2) is 0 Å². The summed E-state index contributed by atoms with van der Waals surface area (Å²) in [4.78, 5) is 0. The van der Waals surface area contributed by atoms with Gasteiger partial charge in [0.2, 0.25) is 0 Å². The van der Waals surface area contributed by atoms with Crippen LogP contribution in [0.1, 0.15) is 44.3 Å². The molecule has 1 aromatic carbocycles. The fraction of sp³-hybridized carbons (Fsp3) is 0.571. The Morgan fingerprint density at radius 2 is 1.81 bits per heavy atom. The van der Waals surface area contributed by atoms with E-state index in [1.807, 2.05) is 30.3 Å². The van der Waals surface area contributed by atoms with Crippen LogP contribution >= 0.6 is 0 Å². The van der Waals surface area contributed by atoms with Crippen LogP contribution in [0, 0.1) is 0 Å². The molecule has 2 heteroatoms. The first kappa shape index (κ1) is 11.6. The molecule has 2 rings (SSSR count). The zero-order chi connectivity index (χ0) is 11.4. The quantitative estimate of drug-likeness (QED) is 0.816. The minimum atomic E-state index is -0.401. The third-order valence-corrected chi connectivity index (χ3v) is 3.47. The number of hydrogen-bond acceptors (Lipinski definition) is 2. The lowest BCUT2D eigenvalue weighted by Gasteiger charge is -2.24. The largest absolute Gasteiger partial charge is 0.387 e. The standard InChI is InChI=1S/C14H21NO/c1-11(15-13-9-5-6-10-13)14(16)12-7-3-2-4-8-12/h2-4,7-8,11,13-16H,5-6,9-10H2,1H3/t11-,14?/m0/s1. The van der Waals surface area contributed by atoms with Crippen molar-refractivity contribution in [1.82, 2.24) is 5.32 Å². The Balaban J connectivity index is 1.91. The van der Waals surface area contributed by atoms with Crippen LogP contribution in [-0.4, -0.2) is 17.2 Å². The lowest BCUT2D eigenvalue weighted by molar-refractivity contribution is 0.129. The molecule has 0 saturated heterocycles. The van der Waals surface area contributed by atoms with E-state index in [0.717, 1.165) is 5.56 Å². The molecule has 1 saturated carbocycles. The van der Waals surface area contributed by atoms with Gasteiger partial charge in [-0.25, -0.2) is 0 Å². The van der Waals surface area contributed by atoms with Gasteiger partial charge in [-0.3, -0.25) is 0 Å². The molecule has 16 heavy (non-hydrogen) atoms. The second kappa shape index (κ2) is 5.46. The molecular formula is C14H21NO. The normalized spacial score (nSPS) is 20.9. The van der Waals surface area contributed by atoms with Crippen LogP contribution < -0.4 is 5.32 Å². The minimum Gasteiger partial charge on any atom is -0.387 e. The van der Waals surface area contributed by atoms with Gasteiger partial charge in [0.25, 0.3) is 0 Å². The summed E-state index contributed by atoms with van der Waals surface area (Å²) in [7, 11) is 0. The molecular weight excluding hydrogens is 198 g/mol. The molecule has 0 heterocycles. The Bertz CT molecular complexity index is 306. The molecule has 1 fully saturated rings. The maximum Gasteiger partial charge on any atom is 0.0940 e. The SMILES string of the molecule is C[C@H](NC1CCCC1)C(O)c1ccccc1. The molecule has 1 unspecified atom stereocenters. The zero-order valence-corrected chi connectivity index (χ0v) is 9.89. The van der Waals surface area contributed by atoms with Gasteiger partial charge >= 0.3 is 0 Å². The van der Waals surface area contributed by atoms with E-state index in [9.17, 15) is 5.11 Å². The van der Waals surface area contributed by atoms with Crippen molar-refractivity contribution in [2.24, 2.45) is 0 Å². The number of rotatable bonds is 4. The summed E-state index contributed by atoms with van der Waals surface area (Å²) in [5, 5.41) is 13.7. The van der Waals surface area contributed by atoms with Gasteiger partial charge in [0, 0.05) is 12.1 Å². The third-order valence-electron chi connectivity index (χ3n) is 3.47. The van der Waals surface area contributed by atoms with E-state index in [2.05, 4.69) is 12.2 Å². The van der Waals surface area contributed by atoms with Crippen molar-refractivity contribution >= 4 is 0 Å². The smallest absolute Gasteiger partial charge is 0.0940 e. The van der Waals surface area contributed by atoms with Crippen LogP contribution in [0.15, 0.2) is 30.3 Å². The van der Waals surface area contributed by atoms with Gasteiger partial charge in [-0.1, -0.05) is 43.2 Å². The summed E-state index contributed by atoms with van der Waals surface area (Å²) in [6.45, 7) is 2.07. The van der Waals surface area contributed by atoms with Crippen molar-refractivity contribution < 1.29 is 5.11 Å². The Labute approximate surface area is 97.7 Å². The fourth-order valence-corrected chi connectivity index (χ4v) is 2.49. The summed E-state index contributed by atoms with van der Waals surface area (Å²) < 4.78 is 0. The summed E-state index contributed by atoms with van der Waals surface area (Å²) in [5.41, 5.74) is 1.00. The Hall–Kier alpha value is -0.860. The van der Waals surface area contributed by atoms with Gasteiger partial charge in [-0.05, 0) is 25.3 Å². The number of aliphatic hydroxyl groups is 1. The average molecular weight is 219 g/mol.